The Morgan fingerprint density at radius 1 is 1.31 bits per heavy atom. The van der Waals surface area contributed by atoms with Crippen LogP contribution in [0.25, 0.3) is 10.9 Å². The van der Waals surface area contributed by atoms with Crippen molar-refractivity contribution < 1.29 is 4.74 Å². The van der Waals surface area contributed by atoms with Gasteiger partial charge < -0.3 is 15.4 Å². The molecule has 0 radical (unpaired) electrons. The number of rotatable bonds is 4. The number of aryl methyl sites for hydroxylation is 1. The number of nitrogens with two attached hydrogens (primary N) is 1. The number of pyridine rings is 1. The van der Waals surface area contributed by atoms with E-state index in [1.54, 1.807) is 18.6 Å². The topological polar surface area (TPSA) is 106 Å². The van der Waals surface area contributed by atoms with E-state index in [9.17, 15) is 9.59 Å². The Morgan fingerprint density at radius 3 is 2.62 bits per heavy atom. The highest BCUT2D eigenvalue weighted by Gasteiger charge is 2.33. The van der Waals surface area contributed by atoms with E-state index in [0.717, 1.165) is 32.4 Å². The predicted octanol–water partition coefficient (Wildman–Crippen LogP) is 0.910. The lowest BCUT2D eigenvalue weighted by Gasteiger charge is -2.23. The largest absolute Gasteiger partial charge is 0.491 e. The van der Waals surface area contributed by atoms with Crippen molar-refractivity contribution in [1.29, 1.82) is 0 Å². The second-order valence-corrected chi connectivity index (χ2v) is 7.49. The molecule has 0 bridgehead atoms. The maximum absolute atomic E-state index is 12.5. The molecule has 2 aromatic rings. The highest BCUT2D eigenvalue weighted by molar-refractivity contribution is 5.90. The summed E-state index contributed by atoms with van der Waals surface area (Å²) < 4.78 is 7.38. The number of nitrogens with one attached hydrogen (secondary N) is 1. The van der Waals surface area contributed by atoms with Crippen LogP contribution in [0.5, 0.6) is 5.75 Å². The maximum atomic E-state index is 12.5. The van der Waals surface area contributed by atoms with Crippen LogP contribution in [-0.2, 0) is 0 Å². The number of aromatic amines is 1. The third kappa shape index (κ3) is 2.59. The predicted molar refractivity (Wildman–Crippen MR) is 100 cm³/mol. The van der Waals surface area contributed by atoms with Crippen LogP contribution in [0.3, 0.4) is 0 Å². The molecule has 0 aromatic carbocycles. The molecule has 0 amide bonds. The fourth-order valence-corrected chi connectivity index (χ4v) is 3.97. The quantitative estimate of drug-likeness (QED) is 0.840. The molecule has 2 unspecified atom stereocenters. The van der Waals surface area contributed by atoms with Gasteiger partial charge in [-0.3, -0.25) is 14.3 Å². The molecule has 140 valence electrons. The summed E-state index contributed by atoms with van der Waals surface area (Å²) in [7, 11) is 1.57. The van der Waals surface area contributed by atoms with Crippen LogP contribution in [0.2, 0.25) is 0 Å². The molecule has 26 heavy (non-hydrogen) atoms. The van der Waals surface area contributed by atoms with Gasteiger partial charge in [0.15, 0.2) is 11.6 Å². The van der Waals surface area contributed by atoms with Crippen LogP contribution in [-0.4, -0.2) is 40.8 Å². The molecule has 3 heterocycles. The van der Waals surface area contributed by atoms with Gasteiger partial charge in [-0.15, -0.1) is 0 Å². The number of aromatic nitrogens is 3. The number of methoxy groups -OCH3 is 1. The van der Waals surface area contributed by atoms with E-state index >= 15 is 0 Å². The average molecular weight is 359 g/mol. The Morgan fingerprint density at radius 2 is 2.04 bits per heavy atom. The molecule has 1 saturated carbocycles. The molecule has 2 fully saturated rings. The summed E-state index contributed by atoms with van der Waals surface area (Å²) in [5.74, 6) is 1.59. The average Bonchev–Trinajstić information content (AvgIpc) is 3.28. The summed E-state index contributed by atoms with van der Waals surface area (Å²) in [6.45, 7) is 5.45. The normalized spacial score (nSPS) is 21.4. The molecule has 2 aromatic heterocycles. The van der Waals surface area contributed by atoms with Gasteiger partial charge in [0.05, 0.1) is 18.2 Å². The SMILES string of the molecule is COc1c(N2CCC(C(C)N)C2)nc(C)c2c(=O)[nH]c(=O)n(C3CC3)c12. The zero-order valence-corrected chi connectivity index (χ0v) is 15.4. The van der Waals surface area contributed by atoms with E-state index in [2.05, 4.69) is 14.9 Å². The van der Waals surface area contributed by atoms with Crippen molar-refractivity contribution in [3.8, 4) is 5.75 Å². The van der Waals surface area contributed by atoms with Gasteiger partial charge in [0.1, 0.15) is 5.52 Å². The van der Waals surface area contributed by atoms with Gasteiger partial charge in [-0.05, 0) is 39.0 Å². The molecule has 8 heteroatoms. The first kappa shape index (κ1) is 17.1. The van der Waals surface area contributed by atoms with Gasteiger partial charge in [0.25, 0.3) is 5.56 Å². The molecule has 1 aliphatic carbocycles. The minimum Gasteiger partial charge on any atom is -0.491 e. The summed E-state index contributed by atoms with van der Waals surface area (Å²) in [6.07, 6.45) is 2.85. The number of ether oxygens (including phenoxy) is 1. The van der Waals surface area contributed by atoms with E-state index in [1.165, 1.54) is 0 Å². The summed E-state index contributed by atoms with van der Waals surface area (Å²) in [4.78, 5) is 34.2. The van der Waals surface area contributed by atoms with Crippen molar-refractivity contribution >= 4 is 16.7 Å². The van der Waals surface area contributed by atoms with Crippen LogP contribution < -0.4 is 26.6 Å². The second-order valence-electron chi connectivity index (χ2n) is 7.49. The highest BCUT2D eigenvalue weighted by Crippen LogP contribution is 2.41. The van der Waals surface area contributed by atoms with E-state index in [0.29, 0.717) is 34.1 Å². The van der Waals surface area contributed by atoms with Gasteiger partial charge in [0, 0.05) is 25.2 Å². The molecule has 1 aliphatic heterocycles. The van der Waals surface area contributed by atoms with Gasteiger partial charge in [-0.1, -0.05) is 0 Å². The van der Waals surface area contributed by atoms with Crippen molar-refractivity contribution in [3.63, 3.8) is 0 Å². The lowest BCUT2D eigenvalue weighted by Crippen LogP contribution is -2.32. The van der Waals surface area contributed by atoms with E-state index in [1.807, 2.05) is 6.92 Å². The van der Waals surface area contributed by atoms with Gasteiger partial charge in [-0.25, -0.2) is 9.78 Å². The van der Waals surface area contributed by atoms with Gasteiger partial charge in [-0.2, -0.15) is 0 Å². The zero-order valence-electron chi connectivity index (χ0n) is 15.4. The number of hydrogen-bond acceptors (Lipinski definition) is 6. The molecule has 3 N–H and O–H groups in total. The van der Waals surface area contributed by atoms with Gasteiger partial charge >= 0.3 is 5.69 Å². The Labute approximate surface area is 151 Å². The third-order valence-corrected chi connectivity index (χ3v) is 5.58. The van der Waals surface area contributed by atoms with Gasteiger partial charge in [0.2, 0.25) is 0 Å². The Balaban J connectivity index is 1.97. The van der Waals surface area contributed by atoms with Crippen LogP contribution >= 0.6 is 0 Å². The number of anilines is 1. The van der Waals surface area contributed by atoms with Crippen LogP contribution in [0.1, 0.15) is 37.9 Å². The van der Waals surface area contributed by atoms with Crippen molar-refractivity contribution in [1.82, 2.24) is 14.5 Å². The molecular formula is C18H25N5O3. The molecule has 4 rings (SSSR count). The fraction of sp³-hybridized carbons (Fsp3) is 0.611. The standard InChI is InChI=1S/C18H25N5O3/c1-9(19)11-6-7-22(8-11)16-15(26-3)14-13(10(2)20-16)17(24)21-18(25)23(14)12-4-5-12/h9,11-12H,4-8,19H2,1-3H3,(H,21,24,25). The first-order valence-electron chi connectivity index (χ1n) is 9.16. The van der Waals surface area contributed by atoms with Crippen LogP contribution in [0, 0.1) is 12.8 Å². The number of nitrogens with zero attached hydrogens (tertiary/aromatic N) is 3. The van der Waals surface area contributed by atoms with Crippen molar-refractivity contribution in [2.24, 2.45) is 11.7 Å². The molecule has 0 spiro atoms. The molecule has 2 aliphatic rings. The first-order chi connectivity index (χ1) is 12.4. The highest BCUT2D eigenvalue weighted by atomic mass is 16.5. The van der Waals surface area contributed by atoms with Crippen LogP contribution in [0.15, 0.2) is 9.59 Å². The van der Waals surface area contributed by atoms with E-state index < -0.39 is 5.56 Å². The molecule has 8 nitrogen and oxygen atoms in total. The molecule has 2 atom stereocenters. The monoisotopic (exact) mass is 359 g/mol. The molecule has 1 saturated heterocycles. The number of hydrogen-bond donors (Lipinski definition) is 2. The fourth-order valence-electron chi connectivity index (χ4n) is 3.97. The summed E-state index contributed by atoms with van der Waals surface area (Å²) in [5.41, 5.74) is 6.45. The summed E-state index contributed by atoms with van der Waals surface area (Å²) >= 11 is 0. The summed E-state index contributed by atoms with van der Waals surface area (Å²) in [6, 6.07) is 0.223. The Bertz CT molecular complexity index is 973. The van der Waals surface area contributed by atoms with Crippen molar-refractivity contribution in [2.75, 3.05) is 25.1 Å². The third-order valence-electron chi connectivity index (χ3n) is 5.58. The van der Waals surface area contributed by atoms with Crippen molar-refractivity contribution in [2.45, 2.75) is 45.2 Å². The Hall–Kier alpha value is -2.35. The Kier molecular flexibility index (Phi) is 4.02. The molecular weight excluding hydrogens is 334 g/mol. The lowest BCUT2D eigenvalue weighted by molar-refractivity contribution is 0.414. The van der Waals surface area contributed by atoms with E-state index in [4.69, 9.17) is 10.5 Å². The van der Waals surface area contributed by atoms with E-state index in [-0.39, 0.29) is 17.8 Å². The minimum absolute atomic E-state index is 0.111. The number of H-pyrrole nitrogens is 1. The summed E-state index contributed by atoms with van der Waals surface area (Å²) in [5, 5.41) is 0.431. The number of fused-ring (bicyclic) bond motifs is 1. The maximum Gasteiger partial charge on any atom is 0.329 e. The minimum atomic E-state index is -0.411. The van der Waals surface area contributed by atoms with Crippen LogP contribution in [0.4, 0.5) is 5.82 Å². The lowest BCUT2D eigenvalue weighted by atomic mass is 10.0. The van der Waals surface area contributed by atoms with Crippen molar-refractivity contribution in [3.05, 3.63) is 26.5 Å². The smallest absolute Gasteiger partial charge is 0.329 e. The first-order valence-corrected chi connectivity index (χ1v) is 9.16. The zero-order chi connectivity index (χ0) is 18.6. The second kappa shape index (κ2) is 6.12.